The van der Waals surface area contributed by atoms with Crippen LogP contribution < -0.4 is 10.6 Å². The average molecular weight is 408 g/mol. The predicted molar refractivity (Wildman–Crippen MR) is 120 cm³/mol. The van der Waals surface area contributed by atoms with Gasteiger partial charge in [-0.3, -0.25) is 4.79 Å². The maximum atomic E-state index is 13.0. The van der Waals surface area contributed by atoms with Gasteiger partial charge in [-0.25, -0.2) is 4.39 Å². The largest absolute Gasteiger partial charge is 0.358 e. The van der Waals surface area contributed by atoms with Gasteiger partial charge in [0.1, 0.15) is 5.82 Å². The van der Waals surface area contributed by atoms with Crippen molar-refractivity contribution < 1.29 is 9.18 Å². The highest BCUT2D eigenvalue weighted by Crippen LogP contribution is 2.24. The number of para-hydroxylation sites is 1. The minimum absolute atomic E-state index is 0.0830. The number of aromatic amines is 1. The molecular weight excluding hydrogens is 377 g/mol. The van der Waals surface area contributed by atoms with Crippen LogP contribution in [0.15, 0.2) is 48.5 Å². The minimum atomic E-state index is -0.309. The molecule has 0 aliphatic carbocycles. The van der Waals surface area contributed by atoms with Crippen LogP contribution in [0, 0.1) is 5.82 Å². The van der Waals surface area contributed by atoms with Crippen LogP contribution in [0.5, 0.6) is 0 Å². The number of hydrogen-bond donors (Lipinski definition) is 3. The summed E-state index contributed by atoms with van der Waals surface area (Å²) < 4.78 is 13.0. The monoisotopic (exact) mass is 407 g/mol. The standard InChI is InChI=1S/C25H30FN3O/c1-17-15-24-22(21-6-2-3-7-23(21)29-24)13-14-27-20(16-28-17)5-4-8-25(30)18-9-11-19(26)12-10-18/h2-3,6-7,9-12,17,20,27-29H,4-5,8,13-16H2,1H3. The fourth-order valence-electron chi connectivity index (χ4n) is 4.40. The maximum absolute atomic E-state index is 13.0. The van der Waals surface area contributed by atoms with Gasteiger partial charge in [0, 0.05) is 53.6 Å². The number of H-pyrrole nitrogens is 1. The highest BCUT2D eigenvalue weighted by Gasteiger charge is 2.18. The first-order valence-corrected chi connectivity index (χ1v) is 10.9. The van der Waals surface area contributed by atoms with Gasteiger partial charge in [0.2, 0.25) is 0 Å². The van der Waals surface area contributed by atoms with Gasteiger partial charge in [0.25, 0.3) is 0 Å². The second kappa shape index (κ2) is 9.54. The number of rotatable bonds is 5. The number of benzene rings is 2. The Kier molecular flexibility index (Phi) is 6.60. The molecule has 2 unspecified atom stereocenters. The van der Waals surface area contributed by atoms with Crippen molar-refractivity contribution in [3.05, 3.63) is 71.2 Å². The summed E-state index contributed by atoms with van der Waals surface area (Å²) >= 11 is 0. The van der Waals surface area contributed by atoms with Crippen LogP contribution in [0.1, 0.15) is 47.8 Å². The molecule has 4 rings (SSSR count). The first kappa shape index (κ1) is 20.8. The zero-order chi connectivity index (χ0) is 20.9. The van der Waals surface area contributed by atoms with Crippen LogP contribution in [-0.4, -0.2) is 35.9 Å². The summed E-state index contributed by atoms with van der Waals surface area (Å²) in [5.74, 6) is -0.226. The van der Waals surface area contributed by atoms with E-state index in [1.807, 2.05) is 0 Å². The third-order valence-electron chi connectivity index (χ3n) is 6.06. The molecule has 5 heteroatoms. The average Bonchev–Trinajstić information content (AvgIpc) is 3.09. The number of aromatic nitrogens is 1. The van der Waals surface area contributed by atoms with Gasteiger partial charge >= 0.3 is 0 Å². The topological polar surface area (TPSA) is 56.9 Å². The maximum Gasteiger partial charge on any atom is 0.162 e. The van der Waals surface area contributed by atoms with Gasteiger partial charge in [-0.15, -0.1) is 0 Å². The van der Waals surface area contributed by atoms with Crippen LogP contribution in [-0.2, 0) is 12.8 Å². The molecule has 3 aromatic rings. The summed E-state index contributed by atoms with van der Waals surface area (Å²) in [6.45, 7) is 4.04. The van der Waals surface area contributed by atoms with Crippen LogP contribution in [0.4, 0.5) is 4.39 Å². The van der Waals surface area contributed by atoms with Crippen molar-refractivity contribution in [2.75, 3.05) is 13.1 Å². The second-order valence-electron chi connectivity index (χ2n) is 8.36. The van der Waals surface area contributed by atoms with E-state index in [9.17, 15) is 9.18 Å². The molecule has 3 N–H and O–H groups in total. The molecule has 4 nitrogen and oxygen atoms in total. The van der Waals surface area contributed by atoms with Crippen molar-refractivity contribution in [2.45, 2.75) is 51.1 Å². The molecule has 1 aliphatic rings. The molecule has 1 aliphatic heterocycles. The first-order chi connectivity index (χ1) is 14.6. The lowest BCUT2D eigenvalue weighted by Crippen LogP contribution is -2.44. The molecule has 2 heterocycles. The summed E-state index contributed by atoms with van der Waals surface area (Å²) in [6.07, 6.45) is 4.23. The number of carbonyl (C=O) groups excluding carboxylic acids is 1. The molecule has 30 heavy (non-hydrogen) atoms. The van der Waals surface area contributed by atoms with E-state index in [2.05, 4.69) is 46.8 Å². The summed E-state index contributed by atoms with van der Waals surface area (Å²) in [5.41, 5.74) is 4.55. The molecule has 0 fully saturated rings. The number of hydrogen-bond acceptors (Lipinski definition) is 3. The van der Waals surface area contributed by atoms with Crippen LogP contribution >= 0.6 is 0 Å². The van der Waals surface area contributed by atoms with E-state index in [4.69, 9.17) is 0 Å². The number of ketones is 1. The highest BCUT2D eigenvalue weighted by molar-refractivity contribution is 5.95. The Bertz CT molecular complexity index is 995. The van der Waals surface area contributed by atoms with Gasteiger partial charge in [-0.1, -0.05) is 18.2 Å². The van der Waals surface area contributed by atoms with E-state index in [1.54, 1.807) is 12.1 Å². The fraction of sp³-hybridized carbons (Fsp3) is 0.400. The summed E-state index contributed by atoms with van der Waals surface area (Å²) in [7, 11) is 0. The number of nitrogens with one attached hydrogen (secondary N) is 3. The summed E-state index contributed by atoms with van der Waals surface area (Å²) in [5, 5.41) is 8.67. The lowest BCUT2D eigenvalue weighted by Gasteiger charge is -2.24. The van der Waals surface area contributed by atoms with Crippen molar-refractivity contribution in [1.82, 2.24) is 15.6 Å². The van der Waals surface area contributed by atoms with E-state index in [1.165, 1.54) is 34.3 Å². The third kappa shape index (κ3) is 4.97. The van der Waals surface area contributed by atoms with Crippen LogP contribution in [0.2, 0.25) is 0 Å². The molecule has 0 radical (unpaired) electrons. The van der Waals surface area contributed by atoms with E-state index in [0.29, 0.717) is 24.1 Å². The lowest BCUT2D eigenvalue weighted by molar-refractivity contribution is 0.0978. The van der Waals surface area contributed by atoms with Gasteiger partial charge < -0.3 is 15.6 Å². The smallest absolute Gasteiger partial charge is 0.162 e. The van der Waals surface area contributed by atoms with Gasteiger partial charge in [0.05, 0.1) is 0 Å². The Hall–Kier alpha value is -2.50. The van der Waals surface area contributed by atoms with Crippen molar-refractivity contribution in [3.63, 3.8) is 0 Å². The summed E-state index contributed by atoms with van der Waals surface area (Å²) in [4.78, 5) is 16.0. The molecule has 0 bridgehead atoms. The number of carbonyl (C=O) groups is 1. The quantitative estimate of drug-likeness (QED) is 0.550. The second-order valence-corrected chi connectivity index (χ2v) is 8.36. The number of halogens is 1. The molecule has 0 saturated heterocycles. The van der Waals surface area contributed by atoms with Gasteiger partial charge in [-0.2, -0.15) is 0 Å². The predicted octanol–water partition coefficient (Wildman–Crippen LogP) is 4.40. The normalized spacial score (nSPS) is 20.1. The van der Waals surface area contributed by atoms with Gasteiger partial charge in [-0.05, 0) is 68.6 Å². The lowest BCUT2D eigenvalue weighted by atomic mass is 10.00. The van der Waals surface area contributed by atoms with Crippen molar-refractivity contribution in [1.29, 1.82) is 0 Å². The first-order valence-electron chi connectivity index (χ1n) is 10.9. The zero-order valence-corrected chi connectivity index (χ0v) is 17.5. The molecule has 158 valence electrons. The minimum Gasteiger partial charge on any atom is -0.358 e. The van der Waals surface area contributed by atoms with E-state index >= 15 is 0 Å². The van der Waals surface area contributed by atoms with Gasteiger partial charge in [0.15, 0.2) is 5.78 Å². The summed E-state index contributed by atoms with van der Waals surface area (Å²) in [6, 6.07) is 15.1. The third-order valence-corrected chi connectivity index (χ3v) is 6.06. The van der Waals surface area contributed by atoms with E-state index < -0.39 is 0 Å². The molecule has 1 aromatic heterocycles. The Morgan fingerprint density at radius 3 is 2.73 bits per heavy atom. The zero-order valence-electron chi connectivity index (χ0n) is 17.5. The molecular formula is C25H30FN3O. The Labute approximate surface area is 177 Å². The van der Waals surface area contributed by atoms with Crippen molar-refractivity contribution >= 4 is 16.7 Å². The van der Waals surface area contributed by atoms with Crippen LogP contribution in [0.25, 0.3) is 10.9 Å². The fourth-order valence-corrected chi connectivity index (χ4v) is 4.40. The Morgan fingerprint density at radius 2 is 1.90 bits per heavy atom. The van der Waals surface area contributed by atoms with E-state index in [0.717, 1.165) is 38.8 Å². The highest BCUT2D eigenvalue weighted by atomic mass is 19.1. The van der Waals surface area contributed by atoms with E-state index in [-0.39, 0.29) is 11.6 Å². The number of Topliss-reactive ketones (excluding diaryl/α,β-unsaturated/α-hetero) is 1. The molecule has 2 aromatic carbocycles. The Balaban J connectivity index is 1.35. The molecule has 0 spiro atoms. The molecule has 0 amide bonds. The molecule has 2 atom stereocenters. The van der Waals surface area contributed by atoms with Crippen molar-refractivity contribution in [2.24, 2.45) is 0 Å². The number of fused-ring (bicyclic) bond motifs is 3. The van der Waals surface area contributed by atoms with Crippen molar-refractivity contribution in [3.8, 4) is 0 Å². The Morgan fingerprint density at radius 1 is 1.10 bits per heavy atom. The SMILES string of the molecule is CC1Cc2[nH]c3ccccc3c2CCNC(CCCC(=O)c2ccc(F)cc2)CN1. The van der Waals surface area contributed by atoms with Crippen LogP contribution in [0.3, 0.4) is 0 Å². The molecule has 0 saturated carbocycles.